The second-order valence-corrected chi connectivity index (χ2v) is 12.1. The zero-order valence-electron chi connectivity index (χ0n) is 27.2. The molecule has 15 nitrogen and oxygen atoms in total. The third-order valence-electron chi connectivity index (χ3n) is 7.61. The van der Waals surface area contributed by atoms with E-state index in [0.29, 0.717) is 11.1 Å². The molecule has 0 fully saturated rings. The molecule has 15 heteroatoms. The number of fused-ring (bicyclic) bond motifs is 1. The Morgan fingerprint density at radius 3 is 1.92 bits per heavy atom. The zero-order valence-corrected chi connectivity index (χ0v) is 27.2. The molecule has 0 aliphatic heterocycles. The molecule has 0 spiro atoms. The van der Waals surface area contributed by atoms with Crippen LogP contribution in [0.4, 0.5) is 0 Å². The van der Waals surface area contributed by atoms with Gasteiger partial charge in [0.15, 0.2) is 0 Å². The fourth-order valence-electron chi connectivity index (χ4n) is 5.19. The molecule has 1 aromatic heterocycles. The molecule has 0 saturated heterocycles. The van der Waals surface area contributed by atoms with Crippen LogP contribution >= 0.6 is 0 Å². The van der Waals surface area contributed by atoms with E-state index in [1.807, 2.05) is 18.2 Å². The number of aromatic amines is 1. The van der Waals surface area contributed by atoms with E-state index in [9.17, 15) is 38.7 Å². The Kier molecular flexibility index (Phi) is 13.8. The fourth-order valence-corrected chi connectivity index (χ4v) is 5.19. The first-order valence-electron chi connectivity index (χ1n) is 15.8. The molecule has 5 amide bonds. The van der Waals surface area contributed by atoms with Crippen molar-refractivity contribution in [3.63, 3.8) is 0 Å². The smallest absolute Gasteiger partial charge is 0.305 e. The van der Waals surface area contributed by atoms with Crippen LogP contribution < -0.4 is 27.0 Å². The Balaban J connectivity index is 1.81. The Morgan fingerprint density at radius 1 is 0.694 bits per heavy atom. The number of carboxylic acids is 2. The molecule has 0 aliphatic rings. The van der Waals surface area contributed by atoms with Gasteiger partial charge in [0.1, 0.15) is 24.2 Å². The van der Waals surface area contributed by atoms with Gasteiger partial charge in [0.05, 0.1) is 12.8 Å². The van der Waals surface area contributed by atoms with Gasteiger partial charge in [-0.1, -0.05) is 62.4 Å². The minimum Gasteiger partial charge on any atom is -0.481 e. The number of amides is 5. The lowest BCUT2D eigenvalue weighted by Gasteiger charge is -2.26. The van der Waals surface area contributed by atoms with Crippen molar-refractivity contribution in [1.82, 2.24) is 26.3 Å². The monoisotopic (exact) mass is 678 g/mol. The van der Waals surface area contributed by atoms with Gasteiger partial charge in [-0.3, -0.25) is 33.6 Å². The molecule has 3 rings (SSSR count). The maximum Gasteiger partial charge on any atom is 0.305 e. The number of carboxylic acid groups (broad SMARTS) is 2. The van der Waals surface area contributed by atoms with Crippen LogP contribution in [0.1, 0.15) is 50.7 Å². The minimum absolute atomic E-state index is 0.00928. The van der Waals surface area contributed by atoms with Gasteiger partial charge in [0.2, 0.25) is 29.5 Å². The number of H-pyrrole nitrogens is 1. The van der Waals surface area contributed by atoms with E-state index in [-0.39, 0.29) is 31.6 Å². The normalized spacial score (nSPS) is 13.4. The molecule has 0 unspecified atom stereocenters. The highest BCUT2D eigenvalue weighted by molar-refractivity contribution is 5.97. The maximum atomic E-state index is 13.7. The number of carbonyl (C=O) groups is 7. The average molecular weight is 679 g/mol. The molecule has 9 N–H and O–H groups in total. The van der Waals surface area contributed by atoms with Gasteiger partial charge >= 0.3 is 11.9 Å². The van der Waals surface area contributed by atoms with Crippen molar-refractivity contribution in [2.75, 3.05) is 0 Å². The first kappa shape index (κ1) is 37.7. The summed E-state index contributed by atoms with van der Waals surface area (Å²) in [6, 6.07) is 10.6. The minimum atomic E-state index is -1.63. The third kappa shape index (κ3) is 12.1. The summed E-state index contributed by atoms with van der Waals surface area (Å²) in [6.07, 6.45) is 0.0938. The lowest BCUT2D eigenvalue weighted by Crippen LogP contribution is -2.59. The van der Waals surface area contributed by atoms with Gasteiger partial charge in [-0.2, -0.15) is 0 Å². The van der Waals surface area contributed by atoms with Crippen LogP contribution in [0, 0.1) is 5.92 Å². The van der Waals surface area contributed by atoms with Gasteiger partial charge in [0, 0.05) is 36.4 Å². The number of rotatable bonds is 19. The molecule has 2 aromatic carbocycles. The molecule has 1 heterocycles. The van der Waals surface area contributed by atoms with Crippen molar-refractivity contribution in [3.05, 3.63) is 71.9 Å². The van der Waals surface area contributed by atoms with E-state index >= 15 is 0 Å². The summed E-state index contributed by atoms with van der Waals surface area (Å²) in [7, 11) is 0. The highest BCUT2D eigenvalue weighted by Crippen LogP contribution is 2.19. The van der Waals surface area contributed by atoms with Crippen molar-refractivity contribution in [2.24, 2.45) is 11.7 Å². The Bertz CT molecular complexity index is 1660. The first-order valence-corrected chi connectivity index (χ1v) is 15.8. The van der Waals surface area contributed by atoms with Crippen LogP contribution in [0.15, 0.2) is 60.8 Å². The highest BCUT2D eigenvalue weighted by Gasteiger charge is 2.33. The number of nitrogens with two attached hydrogens (primary N) is 1. The number of hydrogen-bond acceptors (Lipinski definition) is 7. The molecule has 4 atom stereocenters. The topological polar surface area (TPSA) is 250 Å². The predicted octanol–water partition coefficient (Wildman–Crippen LogP) is 0.763. The number of carbonyl (C=O) groups excluding carboxylic acids is 5. The number of para-hydroxylation sites is 1. The largest absolute Gasteiger partial charge is 0.481 e. The third-order valence-corrected chi connectivity index (χ3v) is 7.61. The van der Waals surface area contributed by atoms with Crippen molar-refractivity contribution >= 4 is 52.4 Å². The lowest BCUT2D eigenvalue weighted by molar-refractivity contribution is -0.141. The molecule has 3 aromatic rings. The Labute approximate surface area is 282 Å². The van der Waals surface area contributed by atoms with E-state index in [0.717, 1.165) is 10.9 Å². The number of benzene rings is 2. The van der Waals surface area contributed by atoms with Gasteiger partial charge in [-0.25, -0.2) is 0 Å². The number of nitrogens with one attached hydrogen (secondary N) is 5. The molecule has 0 radical (unpaired) electrons. The summed E-state index contributed by atoms with van der Waals surface area (Å²) < 4.78 is 0. The Morgan fingerprint density at radius 2 is 1.29 bits per heavy atom. The van der Waals surface area contributed by atoms with Gasteiger partial charge in [-0.15, -0.1) is 0 Å². The molecule has 49 heavy (non-hydrogen) atoms. The summed E-state index contributed by atoms with van der Waals surface area (Å²) in [6.45, 7) is 3.57. The van der Waals surface area contributed by atoms with Crippen molar-refractivity contribution in [2.45, 2.75) is 76.5 Å². The molecule has 0 aliphatic carbocycles. The predicted molar refractivity (Wildman–Crippen MR) is 178 cm³/mol. The fraction of sp³-hybridized carbons (Fsp3) is 0.382. The standard InChI is InChI=1S/C34H42N6O9/c1-19(2)14-25(32(47)40-27(17-30(44)45)34(49)38-24(31(35)46)15-20-8-4-3-5-9-20)39-33(48)26(37-28(41)12-13-29(42)43)16-21-18-36-23-11-7-6-10-22(21)23/h3-11,18-19,24-27,36H,12-17H2,1-2H3,(H2,35,46)(H,37,41)(H,38,49)(H,39,48)(H,40,47)(H,42,43)(H,44,45)/t24-,25-,26-,27-/m0/s1. The molecule has 0 saturated carbocycles. The second-order valence-electron chi connectivity index (χ2n) is 12.1. The SMILES string of the molecule is CC(C)C[C@H](NC(=O)[C@H](Cc1c[nH]c2ccccc12)NC(=O)CCC(=O)O)C(=O)N[C@@H](CC(=O)O)C(=O)N[C@@H](Cc1ccccc1)C(N)=O. The van der Waals surface area contributed by atoms with Crippen molar-refractivity contribution in [3.8, 4) is 0 Å². The highest BCUT2D eigenvalue weighted by atomic mass is 16.4. The van der Waals surface area contributed by atoms with E-state index in [4.69, 9.17) is 10.8 Å². The first-order chi connectivity index (χ1) is 23.2. The number of aromatic nitrogens is 1. The van der Waals surface area contributed by atoms with Gasteiger partial charge < -0.3 is 42.2 Å². The zero-order chi connectivity index (χ0) is 36.1. The molecule has 262 valence electrons. The number of aliphatic carboxylic acids is 2. The van der Waals surface area contributed by atoms with Crippen LogP contribution in [0.25, 0.3) is 10.9 Å². The van der Waals surface area contributed by atoms with E-state index in [2.05, 4.69) is 26.3 Å². The van der Waals surface area contributed by atoms with Gasteiger partial charge in [0.25, 0.3) is 0 Å². The second kappa shape index (κ2) is 18.0. The Hall–Kier alpha value is -5.73. The van der Waals surface area contributed by atoms with Crippen LogP contribution in [-0.2, 0) is 46.4 Å². The molecule has 0 bridgehead atoms. The summed E-state index contributed by atoms with van der Waals surface area (Å²) in [5, 5.41) is 29.3. The maximum absolute atomic E-state index is 13.7. The summed E-state index contributed by atoms with van der Waals surface area (Å²) >= 11 is 0. The van der Waals surface area contributed by atoms with Crippen molar-refractivity contribution in [1.29, 1.82) is 0 Å². The van der Waals surface area contributed by atoms with Crippen LogP contribution in [0.2, 0.25) is 0 Å². The van der Waals surface area contributed by atoms with Crippen molar-refractivity contribution < 1.29 is 43.8 Å². The lowest BCUT2D eigenvalue weighted by atomic mass is 10.00. The van der Waals surface area contributed by atoms with Crippen LogP contribution in [0.5, 0.6) is 0 Å². The molecular formula is C34H42N6O9. The molecular weight excluding hydrogens is 636 g/mol. The van der Waals surface area contributed by atoms with E-state index in [1.54, 1.807) is 56.4 Å². The van der Waals surface area contributed by atoms with E-state index in [1.165, 1.54) is 0 Å². The number of hydrogen-bond donors (Lipinski definition) is 8. The van der Waals surface area contributed by atoms with Crippen LogP contribution in [0.3, 0.4) is 0 Å². The van der Waals surface area contributed by atoms with Gasteiger partial charge in [-0.05, 0) is 29.5 Å². The quantitative estimate of drug-likeness (QED) is 0.0890. The summed E-state index contributed by atoms with van der Waals surface area (Å²) in [5.41, 5.74) is 7.65. The van der Waals surface area contributed by atoms with Crippen LogP contribution in [-0.4, -0.2) is 80.8 Å². The summed E-state index contributed by atoms with van der Waals surface area (Å²) in [5.74, 6) is -6.91. The van der Waals surface area contributed by atoms with E-state index < -0.39 is 78.5 Å². The summed E-state index contributed by atoms with van der Waals surface area (Å²) in [4.78, 5) is 91.1. The number of primary amides is 1. The average Bonchev–Trinajstić information content (AvgIpc) is 3.45.